The number of hydrogen-bond donors (Lipinski definition) is 1. The molecule has 4 nitrogen and oxygen atoms in total. The summed E-state index contributed by atoms with van der Waals surface area (Å²) in [5.41, 5.74) is -0.521. The van der Waals surface area contributed by atoms with Gasteiger partial charge in [-0.3, -0.25) is 14.5 Å². The molecule has 0 aliphatic carbocycles. The molecule has 0 bridgehead atoms. The third kappa shape index (κ3) is 2.67. The van der Waals surface area contributed by atoms with Gasteiger partial charge in [0.2, 0.25) is 5.91 Å². The fourth-order valence-corrected chi connectivity index (χ4v) is 3.74. The molecule has 1 amide bonds. The summed E-state index contributed by atoms with van der Waals surface area (Å²) in [6, 6.07) is 17.5. The third-order valence-electron chi connectivity index (χ3n) is 4.98. The molecule has 1 saturated heterocycles. The lowest BCUT2D eigenvalue weighted by Gasteiger charge is -2.55. The number of ketones is 1. The Morgan fingerprint density at radius 2 is 1.44 bits per heavy atom. The molecule has 1 N–H and O–H groups in total. The Morgan fingerprint density at radius 3 is 1.80 bits per heavy atom. The summed E-state index contributed by atoms with van der Waals surface area (Å²) in [5, 5.41) is 11.7. The van der Waals surface area contributed by atoms with Gasteiger partial charge >= 0.3 is 0 Å². The van der Waals surface area contributed by atoms with E-state index >= 15 is 0 Å². The number of hydrogen-bond acceptors (Lipinski definition) is 3. The lowest BCUT2D eigenvalue weighted by atomic mass is 9.73. The van der Waals surface area contributed by atoms with Crippen molar-refractivity contribution in [1.82, 2.24) is 4.90 Å². The first-order valence-electron chi connectivity index (χ1n) is 8.56. The molecule has 0 unspecified atom stereocenters. The van der Waals surface area contributed by atoms with Crippen LogP contribution in [-0.4, -0.2) is 27.7 Å². The number of benzene rings is 2. The van der Waals surface area contributed by atoms with Gasteiger partial charge < -0.3 is 5.11 Å². The molecule has 4 heteroatoms. The number of β-lactam (4-membered cyclic amide) rings is 1. The fourth-order valence-electron chi connectivity index (χ4n) is 3.74. The van der Waals surface area contributed by atoms with Gasteiger partial charge in [0.1, 0.15) is 6.04 Å². The number of amides is 1. The molecule has 2 aromatic carbocycles. The standard InChI is InChI=1S/C21H23NO3/c1-14(2)18-19(15(3)23)22(20(18)24)21(25,16-10-6-4-7-11-16)17-12-8-5-9-13-17/h4-14,18-19,25H,1-3H3/t18-,19-/m1/s1. The molecule has 0 radical (unpaired) electrons. The third-order valence-corrected chi connectivity index (χ3v) is 4.98. The van der Waals surface area contributed by atoms with Gasteiger partial charge in [-0.15, -0.1) is 0 Å². The van der Waals surface area contributed by atoms with Gasteiger partial charge in [-0.2, -0.15) is 0 Å². The highest BCUT2D eigenvalue weighted by Gasteiger charge is 2.59. The Morgan fingerprint density at radius 1 is 1.00 bits per heavy atom. The quantitative estimate of drug-likeness (QED) is 0.854. The highest BCUT2D eigenvalue weighted by molar-refractivity contribution is 6.00. The zero-order valence-electron chi connectivity index (χ0n) is 14.7. The summed E-state index contributed by atoms with van der Waals surface area (Å²) in [6.07, 6.45) is 0. The number of Topliss-reactive ketones (excluding diaryl/α,β-unsaturated/α-hetero) is 1. The topological polar surface area (TPSA) is 57.6 Å². The van der Waals surface area contributed by atoms with Gasteiger partial charge in [-0.05, 0) is 12.8 Å². The van der Waals surface area contributed by atoms with Crippen LogP contribution in [0.5, 0.6) is 0 Å². The van der Waals surface area contributed by atoms with Gasteiger partial charge in [-0.25, -0.2) is 0 Å². The Kier molecular flexibility index (Phi) is 4.48. The maximum atomic E-state index is 12.9. The molecule has 2 atom stereocenters. The van der Waals surface area contributed by atoms with Crippen LogP contribution in [0.2, 0.25) is 0 Å². The lowest BCUT2D eigenvalue weighted by molar-refractivity contribution is -0.200. The average Bonchev–Trinajstić information content (AvgIpc) is 2.60. The van der Waals surface area contributed by atoms with Gasteiger partial charge in [0.15, 0.2) is 11.5 Å². The van der Waals surface area contributed by atoms with Crippen LogP contribution in [0, 0.1) is 11.8 Å². The SMILES string of the molecule is CC(=O)[C@@H]1[C@@H](C(C)C)C(=O)N1C(O)(c1ccccc1)c1ccccc1. The molecule has 0 spiro atoms. The highest BCUT2D eigenvalue weighted by atomic mass is 16.3. The molecule has 1 heterocycles. The van der Waals surface area contributed by atoms with Crippen molar-refractivity contribution in [3.63, 3.8) is 0 Å². The van der Waals surface area contributed by atoms with Crippen LogP contribution in [0.4, 0.5) is 0 Å². The van der Waals surface area contributed by atoms with Crippen molar-refractivity contribution in [3.8, 4) is 0 Å². The van der Waals surface area contributed by atoms with Crippen molar-refractivity contribution in [3.05, 3.63) is 71.8 Å². The van der Waals surface area contributed by atoms with Crippen LogP contribution in [0.15, 0.2) is 60.7 Å². The molecule has 1 aliphatic rings. The molecule has 25 heavy (non-hydrogen) atoms. The Labute approximate surface area is 148 Å². The summed E-state index contributed by atoms with van der Waals surface area (Å²) in [4.78, 5) is 26.6. The van der Waals surface area contributed by atoms with E-state index in [1.165, 1.54) is 11.8 Å². The zero-order chi connectivity index (χ0) is 18.2. The number of nitrogens with zero attached hydrogens (tertiary/aromatic N) is 1. The minimum absolute atomic E-state index is 0.0356. The van der Waals surface area contributed by atoms with Crippen molar-refractivity contribution in [2.24, 2.45) is 11.8 Å². The zero-order valence-corrected chi connectivity index (χ0v) is 14.7. The normalized spacial score (nSPS) is 20.5. The second-order valence-corrected chi connectivity index (χ2v) is 6.94. The van der Waals surface area contributed by atoms with E-state index in [1.54, 1.807) is 24.3 Å². The monoisotopic (exact) mass is 337 g/mol. The molecule has 1 aliphatic heterocycles. The van der Waals surface area contributed by atoms with Crippen molar-refractivity contribution < 1.29 is 14.7 Å². The smallest absolute Gasteiger partial charge is 0.231 e. The molecular weight excluding hydrogens is 314 g/mol. The predicted octanol–water partition coefficient (Wildman–Crippen LogP) is 2.95. The van der Waals surface area contributed by atoms with Crippen molar-refractivity contribution in [1.29, 1.82) is 0 Å². The summed E-state index contributed by atoms with van der Waals surface area (Å²) in [5.74, 6) is -0.654. The number of carbonyl (C=O) groups is 2. The van der Waals surface area contributed by atoms with Gasteiger partial charge in [0.05, 0.1) is 5.92 Å². The van der Waals surface area contributed by atoms with E-state index < -0.39 is 17.7 Å². The summed E-state index contributed by atoms with van der Waals surface area (Å²) >= 11 is 0. The molecule has 0 aromatic heterocycles. The van der Waals surface area contributed by atoms with E-state index in [4.69, 9.17) is 0 Å². The first-order chi connectivity index (χ1) is 11.9. The minimum atomic E-state index is -1.67. The Bertz CT molecular complexity index is 731. The number of likely N-dealkylation sites (tertiary alicyclic amines) is 1. The summed E-state index contributed by atoms with van der Waals surface area (Å²) < 4.78 is 0. The van der Waals surface area contributed by atoms with E-state index in [9.17, 15) is 14.7 Å². The van der Waals surface area contributed by atoms with Crippen LogP contribution in [-0.2, 0) is 15.3 Å². The number of aliphatic hydroxyl groups is 1. The van der Waals surface area contributed by atoms with E-state index in [0.29, 0.717) is 11.1 Å². The van der Waals surface area contributed by atoms with E-state index in [-0.39, 0.29) is 17.6 Å². The van der Waals surface area contributed by atoms with Crippen molar-refractivity contribution in [2.75, 3.05) is 0 Å². The number of rotatable bonds is 5. The van der Waals surface area contributed by atoms with Gasteiger partial charge in [0.25, 0.3) is 0 Å². The maximum absolute atomic E-state index is 12.9. The summed E-state index contributed by atoms with van der Waals surface area (Å²) in [7, 11) is 0. The highest BCUT2D eigenvalue weighted by Crippen LogP contribution is 2.45. The second-order valence-electron chi connectivity index (χ2n) is 6.94. The molecule has 130 valence electrons. The van der Waals surface area contributed by atoms with Crippen LogP contribution in [0.1, 0.15) is 31.9 Å². The van der Waals surface area contributed by atoms with Gasteiger partial charge in [0, 0.05) is 11.1 Å². The molecular formula is C21H23NO3. The average molecular weight is 337 g/mol. The lowest BCUT2D eigenvalue weighted by Crippen LogP contribution is -2.72. The van der Waals surface area contributed by atoms with E-state index in [1.807, 2.05) is 50.2 Å². The van der Waals surface area contributed by atoms with Crippen LogP contribution in [0.3, 0.4) is 0 Å². The largest absolute Gasteiger partial charge is 0.363 e. The predicted molar refractivity (Wildman–Crippen MR) is 95.5 cm³/mol. The van der Waals surface area contributed by atoms with Gasteiger partial charge in [-0.1, -0.05) is 74.5 Å². The molecule has 0 saturated carbocycles. The molecule has 2 aromatic rings. The number of carbonyl (C=O) groups excluding carboxylic acids is 2. The van der Waals surface area contributed by atoms with Crippen LogP contribution < -0.4 is 0 Å². The van der Waals surface area contributed by atoms with Crippen LogP contribution in [0.25, 0.3) is 0 Å². The Balaban J connectivity index is 2.16. The fraction of sp³-hybridized carbons (Fsp3) is 0.333. The Hall–Kier alpha value is -2.46. The van der Waals surface area contributed by atoms with E-state index in [2.05, 4.69) is 0 Å². The van der Waals surface area contributed by atoms with Crippen LogP contribution >= 0.6 is 0 Å². The molecule has 3 rings (SSSR count). The first-order valence-corrected chi connectivity index (χ1v) is 8.56. The first kappa shape index (κ1) is 17.4. The maximum Gasteiger partial charge on any atom is 0.231 e. The van der Waals surface area contributed by atoms with E-state index in [0.717, 1.165) is 0 Å². The minimum Gasteiger partial charge on any atom is -0.363 e. The summed E-state index contributed by atoms with van der Waals surface area (Å²) in [6.45, 7) is 5.34. The van der Waals surface area contributed by atoms with Crippen molar-refractivity contribution >= 4 is 11.7 Å². The molecule has 1 fully saturated rings. The second kappa shape index (κ2) is 6.45. The van der Waals surface area contributed by atoms with Crippen molar-refractivity contribution in [2.45, 2.75) is 32.5 Å².